The van der Waals surface area contributed by atoms with Crippen LogP contribution in [0.25, 0.3) is 0 Å². The van der Waals surface area contributed by atoms with E-state index in [-0.39, 0.29) is 17.3 Å². The third-order valence-corrected chi connectivity index (χ3v) is 7.77. The molecule has 0 spiro atoms. The summed E-state index contributed by atoms with van der Waals surface area (Å²) in [7, 11) is 1.72. The van der Waals surface area contributed by atoms with Crippen LogP contribution in [0.2, 0.25) is 5.02 Å². The van der Waals surface area contributed by atoms with E-state index in [9.17, 15) is 14.0 Å². The van der Waals surface area contributed by atoms with Crippen molar-refractivity contribution in [3.8, 4) is 0 Å². The number of rotatable bonds is 8. The monoisotopic (exact) mass is 528 g/mol. The topological polar surface area (TPSA) is 58.4 Å². The molecule has 1 aliphatic heterocycles. The molecule has 0 aliphatic carbocycles. The number of aryl methyl sites for hydroxylation is 1. The van der Waals surface area contributed by atoms with Crippen LogP contribution in [0.4, 0.5) is 10.1 Å². The van der Waals surface area contributed by atoms with Crippen LogP contribution in [-0.4, -0.2) is 52.3 Å². The van der Waals surface area contributed by atoms with Gasteiger partial charge in [0.2, 0.25) is 5.91 Å². The summed E-state index contributed by atoms with van der Waals surface area (Å²) in [6, 6.07) is 14.0. The molecule has 3 aromatic rings. The lowest BCUT2D eigenvalue weighted by atomic mass is 10.1. The van der Waals surface area contributed by atoms with Gasteiger partial charge in [-0.25, -0.2) is 9.37 Å². The van der Waals surface area contributed by atoms with Crippen molar-refractivity contribution in [2.24, 2.45) is 7.05 Å². The predicted octanol–water partition coefficient (Wildman–Crippen LogP) is 4.69. The Labute approximate surface area is 220 Å². The molecular weight excluding hydrogens is 499 g/mol. The molecule has 1 saturated heterocycles. The molecule has 1 amide bonds. The lowest BCUT2D eigenvalue weighted by Gasteiger charge is -2.36. The molecule has 36 heavy (non-hydrogen) atoms. The fraction of sp³-hybridized carbons (Fsp3) is 0.370. The summed E-state index contributed by atoms with van der Waals surface area (Å²) in [5.41, 5.74) is 3.15. The second-order valence-electron chi connectivity index (χ2n) is 8.93. The average molecular weight is 529 g/mol. The first-order valence-corrected chi connectivity index (χ1v) is 13.4. The first-order chi connectivity index (χ1) is 17.3. The number of hydrogen-bond donors (Lipinski definition) is 0. The van der Waals surface area contributed by atoms with Gasteiger partial charge in [0.05, 0.1) is 0 Å². The number of hydrogen-bond acceptors (Lipinski definition) is 5. The molecule has 0 N–H and O–H groups in total. The second-order valence-corrected chi connectivity index (χ2v) is 10.4. The Kier molecular flexibility index (Phi) is 8.69. The van der Waals surface area contributed by atoms with Crippen LogP contribution >= 0.6 is 23.4 Å². The highest BCUT2D eigenvalue weighted by Gasteiger charge is 2.21. The number of benzene rings is 2. The molecule has 2 heterocycles. The van der Waals surface area contributed by atoms with Crippen molar-refractivity contribution in [2.45, 2.75) is 31.3 Å². The number of carbonyl (C=O) groups is 1. The maximum absolute atomic E-state index is 13.2. The average Bonchev–Trinajstić information content (AvgIpc) is 2.88. The molecule has 1 fully saturated rings. The van der Waals surface area contributed by atoms with E-state index in [1.165, 1.54) is 23.9 Å². The molecular formula is C27H30ClFN4O2S. The Hall–Kier alpha value is -2.84. The van der Waals surface area contributed by atoms with E-state index in [1.807, 2.05) is 36.1 Å². The van der Waals surface area contributed by atoms with E-state index in [1.54, 1.807) is 23.7 Å². The number of nitrogens with zero attached hydrogens (tertiary/aromatic N) is 4. The van der Waals surface area contributed by atoms with E-state index in [0.29, 0.717) is 59.5 Å². The minimum atomic E-state index is -0.300. The van der Waals surface area contributed by atoms with Crippen LogP contribution < -0.4 is 10.5 Å². The Morgan fingerprint density at radius 2 is 1.83 bits per heavy atom. The smallest absolute Gasteiger partial charge is 0.257 e. The highest BCUT2D eigenvalue weighted by Crippen LogP contribution is 2.22. The Balaban J connectivity index is 1.25. The molecule has 0 atom stereocenters. The molecule has 1 aliphatic rings. The molecule has 2 aromatic carbocycles. The summed E-state index contributed by atoms with van der Waals surface area (Å²) < 4.78 is 14.7. The van der Waals surface area contributed by atoms with Crippen molar-refractivity contribution < 1.29 is 9.18 Å². The number of piperazine rings is 1. The number of aromatic nitrogens is 2. The summed E-state index contributed by atoms with van der Waals surface area (Å²) in [5.74, 6) is 0.561. The van der Waals surface area contributed by atoms with Crippen molar-refractivity contribution in [3.63, 3.8) is 0 Å². The highest BCUT2D eigenvalue weighted by atomic mass is 35.5. The maximum Gasteiger partial charge on any atom is 0.257 e. The first-order valence-electron chi connectivity index (χ1n) is 12.0. The fourth-order valence-electron chi connectivity index (χ4n) is 4.30. The van der Waals surface area contributed by atoms with Crippen LogP contribution in [0, 0.1) is 12.7 Å². The van der Waals surface area contributed by atoms with E-state index in [2.05, 4.69) is 9.88 Å². The largest absolute Gasteiger partial charge is 0.368 e. The lowest BCUT2D eigenvalue weighted by molar-refractivity contribution is -0.131. The van der Waals surface area contributed by atoms with Gasteiger partial charge in [-0.2, -0.15) is 0 Å². The molecule has 0 radical (unpaired) electrons. The van der Waals surface area contributed by atoms with Gasteiger partial charge in [-0.15, -0.1) is 0 Å². The fourth-order valence-corrected chi connectivity index (χ4v) is 5.43. The van der Waals surface area contributed by atoms with Crippen molar-refractivity contribution in [3.05, 3.63) is 86.5 Å². The molecule has 0 saturated carbocycles. The number of halogens is 2. The number of amides is 1. The first kappa shape index (κ1) is 26.2. The Morgan fingerprint density at radius 3 is 2.53 bits per heavy atom. The number of thioether (sulfide) groups is 1. The molecule has 0 bridgehead atoms. The summed E-state index contributed by atoms with van der Waals surface area (Å²) >= 11 is 7.59. The standard InChI is InChI=1S/C27H30ClFN4O2S/c1-19-24(17-20-8-10-22(29)11-9-20)26(35)31(2)27(30-19)36-16-4-7-25(34)33-14-12-32(13-15-33)23-6-3-5-21(28)18-23/h3,5-6,8-11,18H,4,7,12-17H2,1-2H3. The minimum Gasteiger partial charge on any atom is -0.368 e. The van der Waals surface area contributed by atoms with Crippen LogP contribution in [0.3, 0.4) is 0 Å². The minimum absolute atomic E-state index is 0.0945. The van der Waals surface area contributed by atoms with Crippen LogP contribution in [0.1, 0.15) is 29.7 Å². The normalized spacial score (nSPS) is 13.8. The van der Waals surface area contributed by atoms with E-state index in [4.69, 9.17) is 11.6 Å². The van der Waals surface area contributed by atoms with Crippen LogP contribution in [0.5, 0.6) is 0 Å². The van der Waals surface area contributed by atoms with E-state index < -0.39 is 0 Å². The van der Waals surface area contributed by atoms with E-state index in [0.717, 1.165) is 24.3 Å². The summed E-state index contributed by atoms with van der Waals surface area (Å²) in [6.07, 6.45) is 1.60. The zero-order valence-corrected chi connectivity index (χ0v) is 22.1. The third kappa shape index (κ3) is 6.48. The van der Waals surface area contributed by atoms with Gasteiger partial charge >= 0.3 is 0 Å². The van der Waals surface area contributed by atoms with Crippen molar-refractivity contribution in [1.82, 2.24) is 14.5 Å². The van der Waals surface area contributed by atoms with Crippen molar-refractivity contribution in [1.29, 1.82) is 0 Å². The zero-order valence-electron chi connectivity index (χ0n) is 20.5. The zero-order chi connectivity index (χ0) is 25.7. The second kappa shape index (κ2) is 11.9. The van der Waals surface area contributed by atoms with Gasteiger partial charge in [-0.1, -0.05) is 41.6 Å². The van der Waals surface area contributed by atoms with Gasteiger partial charge in [-0.3, -0.25) is 14.2 Å². The summed E-state index contributed by atoms with van der Waals surface area (Å²) in [4.78, 5) is 34.5. The van der Waals surface area contributed by atoms with Gasteiger partial charge in [0.15, 0.2) is 5.16 Å². The quantitative estimate of drug-likeness (QED) is 0.241. The molecule has 1 aromatic heterocycles. The maximum atomic E-state index is 13.2. The molecule has 0 unspecified atom stereocenters. The van der Waals surface area contributed by atoms with Gasteiger partial charge in [0.1, 0.15) is 5.82 Å². The molecule has 6 nitrogen and oxygen atoms in total. The highest BCUT2D eigenvalue weighted by molar-refractivity contribution is 7.99. The van der Waals surface area contributed by atoms with Gasteiger partial charge in [-0.05, 0) is 49.2 Å². The summed E-state index contributed by atoms with van der Waals surface area (Å²) in [5, 5.41) is 1.36. The number of anilines is 1. The van der Waals surface area contributed by atoms with Gasteiger partial charge < -0.3 is 9.80 Å². The third-order valence-electron chi connectivity index (χ3n) is 6.42. The van der Waals surface area contributed by atoms with Crippen LogP contribution in [-0.2, 0) is 18.3 Å². The van der Waals surface area contributed by atoms with E-state index >= 15 is 0 Å². The molecule has 190 valence electrons. The summed E-state index contributed by atoms with van der Waals surface area (Å²) in [6.45, 7) is 4.80. The molecule has 9 heteroatoms. The predicted molar refractivity (Wildman–Crippen MR) is 144 cm³/mol. The SMILES string of the molecule is Cc1nc(SCCCC(=O)N2CCN(c3cccc(Cl)c3)CC2)n(C)c(=O)c1Cc1ccc(F)cc1. The Bertz CT molecular complexity index is 1270. The Morgan fingerprint density at radius 1 is 1.11 bits per heavy atom. The van der Waals surface area contributed by atoms with Crippen molar-refractivity contribution in [2.75, 3.05) is 36.8 Å². The van der Waals surface area contributed by atoms with Gasteiger partial charge in [0.25, 0.3) is 5.56 Å². The van der Waals surface area contributed by atoms with Crippen molar-refractivity contribution >= 4 is 35.0 Å². The van der Waals surface area contributed by atoms with Crippen LogP contribution in [0.15, 0.2) is 58.5 Å². The van der Waals surface area contributed by atoms with Gasteiger partial charge in [0, 0.05) is 73.8 Å². The number of carbonyl (C=O) groups excluding carboxylic acids is 1. The lowest BCUT2D eigenvalue weighted by Crippen LogP contribution is -2.48. The molecule has 4 rings (SSSR count).